The number of aryl methyl sites for hydroxylation is 1. The van der Waals surface area contributed by atoms with Gasteiger partial charge >= 0.3 is 6.03 Å². The Morgan fingerprint density at radius 1 is 0.943 bits per heavy atom. The molecule has 2 aromatic heterocycles. The molecule has 178 valence electrons. The van der Waals surface area contributed by atoms with Crippen LogP contribution in [0.5, 0.6) is 0 Å². The van der Waals surface area contributed by atoms with Gasteiger partial charge in [0.1, 0.15) is 0 Å². The molecule has 0 atom stereocenters. The van der Waals surface area contributed by atoms with Crippen molar-refractivity contribution in [3.63, 3.8) is 0 Å². The van der Waals surface area contributed by atoms with Crippen molar-refractivity contribution in [2.24, 2.45) is 0 Å². The van der Waals surface area contributed by atoms with Gasteiger partial charge in [0.05, 0.1) is 0 Å². The number of nitrogens with one attached hydrogen (secondary N) is 5. The zero-order valence-corrected chi connectivity index (χ0v) is 19.6. The number of aromatic nitrogens is 5. The molecule has 0 saturated heterocycles. The lowest BCUT2D eigenvalue weighted by Crippen LogP contribution is -2.28. The molecule has 0 unspecified atom stereocenters. The van der Waals surface area contributed by atoms with E-state index in [2.05, 4.69) is 46.4 Å². The van der Waals surface area contributed by atoms with Crippen LogP contribution in [0.4, 0.5) is 33.9 Å². The molecule has 2 amide bonds. The zero-order valence-electron chi connectivity index (χ0n) is 19.6. The number of nitrogens with zero attached hydrogens (tertiary/aromatic N) is 4. The number of anilines is 5. The maximum Gasteiger partial charge on any atom is 0.319 e. The van der Waals surface area contributed by atoms with E-state index in [1.54, 1.807) is 0 Å². The quantitative estimate of drug-likeness (QED) is 0.243. The molecule has 0 spiro atoms. The molecule has 1 fully saturated rings. The second kappa shape index (κ2) is 9.80. The lowest BCUT2D eigenvalue weighted by atomic mass is 10.1. The first kappa shape index (κ1) is 22.3. The number of carbonyl (C=O) groups is 1. The number of hydrogen-bond acceptors (Lipinski definition) is 7. The van der Waals surface area contributed by atoms with Crippen molar-refractivity contribution in [1.82, 2.24) is 30.5 Å². The minimum atomic E-state index is -0.243. The average molecular weight is 470 g/mol. The fourth-order valence-corrected chi connectivity index (χ4v) is 3.54. The SMILES string of the molecule is CCNC(=O)Nc1ccc(Nc2nc(Nc3cc(C4CC4)[nH]n3)nc(-c3ccc(C)cc3)n2)cc1. The highest BCUT2D eigenvalue weighted by Gasteiger charge is 2.25. The van der Waals surface area contributed by atoms with Gasteiger partial charge in [0.25, 0.3) is 0 Å². The normalized spacial score (nSPS) is 12.7. The Morgan fingerprint density at radius 2 is 1.63 bits per heavy atom. The number of urea groups is 1. The van der Waals surface area contributed by atoms with E-state index in [0.29, 0.717) is 41.7 Å². The first-order chi connectivity index (χ1) is 17.1. The highest BCUT2D eigenvalue weighted by molar-refractivity contribution is 5.89. The van der Waals surface area contributed by atoms with Crippen LogP contribution in [0.2, 0.25) is 0 Å². The third kappa shape index (κ3) is 5.72. The van der Waals surface area contributed by atoms with E-state index in [1.165, 1.54) is 12.8 Å². The Morgan fingerprint density at radius 3 is 2.31 bits per heavy atom. The van der Waals surface area contributed by atoms with Gasteiger partial charge in [-0.3, -0.25) is 5.10 Å². The summed E-state index contributed by atoms with van der Waals surface area (Å²) in [4.78, 5) is 25.5. The van der Waals surface area contributed by atoms with Crippen molar-refractivity contribution in [1.29, 1.82) is 0 Å². The minimum Gasteiger partial charge on any atom is -0.338 e. The van der Waals surface area contributed by atoms with Gasteiger partial charge < -0.3 is 21.3 Å². The molecule has 1 saturated carbocycles. The van der Waals surface area contributed by atoms with Gasteiger partial charge in [0.15, 0.2) is 11.6 Å². The molecule has 5 rings (SSSR count). The lowest BCUT2D eigenvalue weighted by molar-refractivity contribution is 0.252. The van der Waals surface area contributed by atoms with Crippen molar-refractivity contribution in [2.45, 2.75) is 32.6 Å². The number of aromatic amines is 1. The predicted molar refractivity (Wildman–Crippen MR) is 136 cm³/mol. The Kier molecular flexibility index (Phi) is 6.25. The van der Waals surface area contributed by atoms with Gasteiger partial charge in [-0.1, -0.05) is 29.8 Å². The van der Waals surface area contributed by atoms with E-state index in [9.17, 15) is 4.79 Å². The molecule has 0 aliphatic heterocycles. The second-order valence-electron chi connectivity index (χ2n) is 8.47. The van der Waals surface area contributed by atoms with Crippen LogP contribution in [0.15, 0.2) is 54.6 Å². The molecule has 1 aliphatic rings. The van der Waals surface area contributed by atoms with Crippen LogP contribution >= 0.6 is 0 Å². The summed E-state index contributed by atoms with van der Waals surface area (Å²) in [5.41, 5.74) is 4.62. The Bertz CT molecular complexity index is 1310. The van der Waals surface area contributed by atoms with Crippen LogP contribution < -0.4 is 21.3 Å². The average Bonchev–Trinajstić information content (AvgIpc) is 3.60. The summed E-state index contributed by atoms with van der Waals surface area (Å²) >= 11 is 0. The largest absolute Gasteiger partial charge is 0.338 e. The lowest BCUT2D eigenvalue weighted by Gasteiger charge is -2.11. The fraction of sp³-hybridized carbons (Fsp3) is 0.240. The van der Waals surface area contributed by atoms with Crippen LogP contribution in [0, 0.1) is 6.92 Å². The van der Waals surface area contributed by atoms with E-state index >= 15 is 0 Å². The molecule has 10 nitrogen and oxygen atoms in total. The van der Waals surface area contributed by atoms with Gasteiger partial charge in [0.2, 0.25) is 11.9 Å². The molecule has 10 heteroatoms. The van der Waals surface area contributed by atoms with E-state index in [0.717, 1.165) is 22.5 Å². The molecular formula is C25H27N9O. The fourth-order valence-electron chi connectivity index (χ4n) is 3.54. The van der Waals surface area contributed by atoms with Crippen LogP contribution in [0.1, 0.15) is 36.9 Å². The minimum absolute atomic E-state index is 0.243. The third-order valence-electron chi connectivity index (χ3n) is 5.54. The van der Waals surface area contributed by atoms with Gasteiger partial charge in [-0.05, 0) is 51.0 Å². The zero-order chi connectivity index (χ0) is 24.2. The van der Waals surface area contributed by atoms with Crippen molar-refractivity contribution in [3.8, 4) is 11.4 Å². The second-order valence-corrected chi connectivity index (χ2v) is 8.47. The molecule has 4 aromatic rings. The van der Waals surface area contributed by atoms with E-state index in [1.807, 2.05) is 68.4 Å². The smallest absolute Gasteiger partial charge is 0.319 e. The number of hydrogen-bond donors (Lipinski definition) is 5. The number of H-pyrrole nitrogens is 1. The monoisotopic (exact) mass is 469 g/mol. The van der Waals surface area contributed by atoms with Crippen LogP contribution in [-0.2, 0) is 0 Å². The van der Waals surface area contributed by atoms with Crippen molar-refractivity contribution >= 4 is 35.1 Å². The van der Waals surface area contributed by atoms with Gasteiger partial charge in [-0.2, -0.15) is 20.1 Å². The van der Waals surface area contributed by atoms with Gasteiger partial charge in [0, 0.05) is 41.2 Å². The Hall–Kier alpha value is -4.47. The summed E-state index contributed by atoms with van der Waals surface area (Å²) in [6.45, 7) is 4.47. The molecule has 0 radical (unpaired) electrons. The maximum absolute atomic E-state index is 11.7. The number of rotatable bonds is 8. The first-order valence-corrected chi connectivity index (χ1v) is 11.6. The summed E-state index contributed by atoms with van der Waals surface area (Å²) in [6.07, 6.45) is 2.38. The van der Waals surface area contributed by atoms with Crippen molar-refractivity contribution in [3.05, 3.63) is 65.9 Å². The summed E-state index contributed by atoms with van der Waals surface area (Å²) in [7, 11) is 0. The number of amides is 2. The number of carbonyl (C=O) groups excluding carboxylic acids is 1. The van der Waals surface area contributed by atoms with Gasteiger partial charge in [-0.15, -0.1) is 0 Å². The standard InChI is InChI=1S/C25H27N9O/c1-3-26-25(35)28-19-12-10-18(11-13-19)27-23-30-22(17-6-4-15(2)5-7-17)31-24(32-23)29-21-14-20(33-34-21)16-8-9-16/h4-7,10-14,16H,3,8-9H2,1-2H3,(H2,26,28,35)(H3,27,29,30,31,32,33,34). The van der Waals surface area contributed by atoms with Crippen LogP contribution in [0.3, 0.4) is 0 Å². The predicted octanol–water partition coefficient (Wildman–Crippen LogP) is 5.08. The molecule has 0 bridgehead atoms. The molecule has 5 N–H and O–H groups in total. The summed E-state index contributed by atoms with van der Waals surface area (Å²) in [5, 5.41) is 19.4. The molecule has 2 aromatic carbocycles. The topological polar surface area (TPSA) is 133 Å². The highest BCUT2D eigenvalue weighted by atomic mass is 16.2. The van der Waals surface area contributed by atoms with E-state index in [-0.39, 0.29) is 6.03 Å². The highest BCUT2D eigenvalue weighted by Crippen LogP contribution is 2.39. The van der Waals surface area contributed by atoms with Crippen molar-refractivity contribution < 1.29 is 4.79 Å². The maximum atomic E-state index is 11.7. The van der Waals surface area contributed by atoms with E-state index < -0.39 is 0 Å². The number of benzene rings is 2. The summed E-state index contributed by atoms with van der Waals surface area (Å²) in [6, 6.07) is 17.1. The van der Waals surface area contributed by atoms with Crippen molar-refractivity contribution in [2.75, 3.05) is 22.5 Å². The third-order valence-corrected chi connectivity index (χ3v) is 5.54. The Labute approximate surface area is 203 Å². The first-order valence-electron chi connectivity index (χ1n) is 11.6. The Balaban J connectivity index is 1.39. The molecular weight excluding hydrogens is 442 g/mol. The molecule has 1 aliphatic carbocycles. The molecule has 35 heavy (non-hydrogen) atoms. The summed E-state index contributed by atoms with van der Waals surface area (Å²) in [5.74, 6) is 2.56. The summed E-state index contributed by atoms with van der Waals surface area (Å²) < 4.78 is 0. The van der Waals surface area contributed by atoms with Crippen LogP contribution in [-0.4, -0.2) is 37.7 Å². The van der Waals surface area contributed by atoms with E-state index in [4.69, 9.17) is 0 Å². The van der Waals surface area contributed by atoms with Crippen LogP contribution in [0.25, 0.3) is 11.4 Å². The van der Waals surface area contributed by atoms with Gasteiger partial charge in [-0.25, -0.2) is 4.79 Å². The molecule has 2 heterocycles.